The quantitative estimate of drug-likeness (QED) is 0.407. The van der Waals surface area contributed by atoms with Gasteiger partial charge in [0.25, 0.3) is 5.91 Å². The van der Waals surface area contributed by atoms with E-state index in [1.54, 1.807) is 30.3 Å². The van der Waals surface area contributed by atoms with Crippen molar-refractivity contribution in [2.24, 2.45) is 0 Å². The lowest BCUT2D eigenvalue weighted by atomic mass is 10.1. The van der Waals surface area contributed by atoms with Gasteiger partial charge in [-0.25, -0.2) is 0 Å². The first-order valence-electron chi connectivity index (χ1n) is 10.8. The molecule has 1 N–H and O–H groups in total. The molecule has 0 aliphatic heterocycles. The summed E-state index contributed by atoms with van der Waals surface area (Å²) in [5.41, 5.74) is 2.71. The maximum Gasteiger partial charge on any atom is 0.262 e. The van der Waals surface area contributed by atoms with Crippen molar-refractivity contribution in [3.05, 3.63) is 80.5 Å². The Morgan fingerprint density at radius 2 is 1.97 bits per heavy atom. The molecule has 0 saturated heterocycles. The molecular formula is C26H20N2O5S. The molecule has 0 atom stereocenters. The number of anilines is 1. The van der Waals surface area contributed by atoms with Crippen molar-refractivity contribution in [2.45, 2.75) is 26.2 Å². The number of carbonyl (C=O) groups excluding carboxylic acids is 1. The third kappa shape index (κ3) is 4.26. The molecular weight excluding hydrogens is 452 g/mol. The number of nitriles is 1. The summed E-state index contributed by atoms with van der Waals surface area (Å²) in [5.74, 6) is 0.645. The van der Waals surface area contributed by atoms with Gasteiger partial charge in [0, 0.05) is 10.9 Å². The van der Waals surface area contributed by atoms with E-state index < -0.39 is 0 Å². The molecule has 1 aliphatic rings. The van der Waals surface area contributed by atoms with E-state index in [0.717, 1.165) is 30.4 Å². The standard InChI is InChI=1S/C26H20N2O5S/c1-15-5-7-16(8-6-15)33-22-13-32-21-11-17(9-10-19(21)25(22)30)31-14-24(29)28-26-20(12-27)18-3-2-4-23(18)34-26/h5-11,13H,2-4,14H2,1H3,(H,28,29). The smallest absolute Gasteiger partial charge is 0.262 e. The first-order chi connectivity index (χ1) is 16.5. The molecule has 34 heavy (non-hydrogen) atoms. The van der Waals surface area contributed by atoms with Crippen LogP contribution in [-0.4, -0.2) is 12.5 Å². The van der Waals surface area contributed by atoms with E-state index in [1.807, 2.05) is 19.1 Å². The number of amides is 1. The zero-order chi connectivity index (χ0) is 23.7. The average Bonchev–Trinajstić information content (AvgIpc) is 3.41. The van der Waals surface area contributed by atoms with E-state index >= 15 is 0 Å². The number of fused-ring (bicyclic) bond motifs is 2. The zero-order valence-electron chi connectivity index (χ0n) is 18.3. The minimum absolute atomic E-state index is 0.0838. The van der Waals surface area contributed by atoms with Crippen LogP contribution in [0, 0.1) is 18.3 Å². The molecule has 4 aromatic rings. The molecule has 2 heterocycles. The summed E-state index contributed by atoms with van der Waals surface area (Å²) in [4.78, 5) is 26.4. The topological polar surface area (TPSA) is 102 Å². The molecule has 0 radical (unpaired) electrons. The van der Waals surface area contributed by atoms with Gasteiger partial charge in [0.2, 0.25) is 11.2 Å². The van der Waals surface area contributed by atoms with Crippen LogP contribution in [0.1, 0.15) is 28.0 Å². The number of ether oxygens (including phenoxy) is 2. The summed E-state index contributed by atoms with van der Waals surface area (Å²) in [6.45, 7) is 1.73. The van der Waals surface area contributed by atoms with E-state index in [9.17, 15) is 14.9 Å². The van der Waals surface area contributed by atoms with E-state index in [4.69, 9.17) is 13.9 Å². The Bertz CT molecular complexity index is 1490. The molecule has 7 nitrogen and oxygen atoms in total. The van der Waals surface area contributed by atoms with Crippen molar-refractivity contribution in [1.82, 2.24) is 0 Å². The predicted molar refractivity (Wildman–Crippen MR) is 129 cm³/mol. The van der Waals surface area contributed by atoms with Crippen LogP contribution in [0.15, 0.2) is 57.9 Å². The van der Waals surface area contributed by atoms with Crippen molar-refractivity contribution in [2.75, 3.05) is 11.9 Å². The maximum atomic E-state index is 12.8. The molecule has 2 aromatic heterocycles. The molecule has 0 fully saturated rings. The molecule has 0 unspecified atom stereocenters. The second-order valence-electron chi connectivity index (χ2n) is 8.01. The van der Waals surface area contributed by atoms with Crippen molar-refractivity contribution >= 4 is 33.2 Å². The lowest BCUT2D eigenvalue weighted by Gasteiger charge is -2.09. The fourth-order valence-electron chi connectivity index (χ4n) is 3.91. The number of aryl methyl sites for hydroxylation is 2. The van der Waals surface area contributed by atoms with Crippen molar-refractivity contribution < 1.29 is 18.7 Å². The first-order valence-corrected chi connectivity index (χ1v) is 11.6. The summed E-state index contributed by atoms with van der Waals surface area (Å²) in [6, 6.07) is 14.3. The highest BCUT2D eigenvalue weighted by Crippen LogP contribution is 2.38. The van der Waals surface area contributed by atoms with Crippen LogP contribution in [0.3, 0.4) is 0 Å². The number of nitrogens with zero attached hydrogens (tertiary/aromatic N) is 1. The van der Waals surface area contributed by atoms with Gasteiger partial charge in [-0.3, -0.25) is 9.59 Å². The van der Waals surface area contributed by atoms with E-state index in [2.05, 4.69) is 11.4 Å². The van der Waals surface area contributed by atoms with Gasteiger partial charge in [-0.15, -0.1) is 11.3 Å². The Kier molecular flexibility index (Phi) is 5.78. The van der Waals surface area contributed by atoms with Crippen LogP contribution in [0.5, 0.6) is 17.2 Å². The van der Waals surface area contributed by atoms with Crippen LogP contribution in [0.25, 0.3) is 11.0 Å². The third-order valence-corrected chi connectivity index (χ3v) is 6.83. The molecule has 8 heteroatoms. The number of nitrogens with one attached hydrogen (secondary N) is 1. The second-order valence-corrected chi connectivity index (χ2v) is 9.12. The molecule has 2 aromatic carbocycles. The summed E-state index contributed by atoms with van der Waals surface area (Å²) < 4.78 is 16.8. The molecule has 1 aliphatic carbocycles. The highest BCUT2D eigenvalue weighted by molar-refractivity contribution is 7.16. The van der Waals surface area contributed by atoms with Gasteiger partial charge >= 0.3 is 0 Å². The summed E-state index contributed by atoms with van der Waals surface area (Å²) >= 11 is 1.46. The molecule has 5 rings (SSSR count). The van der Waals surface area contributed by atoms with Crippen LogP contribution in [0.4, 0.5) is 5.00 Å². The largest absolute Gasteiger partial charge is 0.484 e. The zero-order valence-corrected chi connectivity index (χ0v) is 19.2. The number of thiophene rings is 1. The fourth-order valence-corrected chi connectivity index (χ4v) is 5.16. The second kappa shape index (κ2) is 9.04. The SMILES string of the molecule is Cc1ccc(Oc2coc3cc(OCC(=O)Nc4sc5c(c4C#N)CCC5)ccc3c2=O)cc1. The molecule has 170 valence electrons. The van der Waals surface area contributed by atoms with Crippen LogP contribution < -0.4 is 20.2 Å². The predicted octanol–water partition coefficient (Wildman–Crippen LogP) is 5.33. The Balaban J connectivity index is 1.27. The van der Waals surface area contributed by atoms with Crippen molar-refractivity contribution in [1.29, 1.82) is 5.26 Å². The number of hydrogen-bond donors (Lipinski definition) is 1. The van der Waals surface area contributed by atoms with Crippen molar-refractivity contribution in [3.63, 3.8) is 0 Å². The van der Waals surface area contributed by atoms with Gasteiger partial charge in [0.15, 0.2) is 6.61 Å². The highest BCUT2D eigenvalue weighted by Gasteiger charge is 2.23. The molecule has 0 bridgehead atoms. The lowest BCUT2D eigenvalue weighted by Crippen LogP contribution is -2.20. The normalized spacial score (nSPS) is 12.2. The summed E-state index contributed by atoms with van der Waals surface area (Å²) in [5, 5.41) is 13.2. The minimum atomic E-state index is -0.361. The number of carbonyl (C=O) groups is 1. The first kappa shape index (κ1) is 21.7. The van der Waals surface area contributed by atoms with Crippen molar-refractivity contribution in [3.8, 4) is 23.3 Å². The molecule has 0 saturated carbocycles. The number of hydrogen-bond acceptors (Lipinski definition) is 7. The van der Waals surface area contributed by atoms with Crippen LogP contribution >= 0.6 is 11.3 Å². The van der Waals surface area contributed by atoms with E-state index in [-0.39, 0.29) is 23.7 Å². The Morgan fingerprint density at radius 3 is 2.76 bits per heavy atom. The summed E-state index contributed by atoms with van der Waals surface area (Å²) in [6.07, 6.45) is 4.13. The van der Waals surface area contributed by atoms with Crippen LogP contribution in [0.2, 0.25) is 0 Å². The fraction of sp³-hybridized carbons (Fsp3) is 0.192. The molecule has 1 amide bonds. The number of benzene rings is 2. The minimum Gasteiger partial charge on any atom is -0.484 e. The maximum absolute atomic E-state index is 12.8. The van der Waals surface area contributed by atoms with Gasteiger partial charge in [-0.2, -0.15) is 5.26 Å². The van der Waals surface area contributed by atoms with Gasteiger partial charge in [-0.1, -0.05) is 17.7 Å². The van der Waals surface area contributed by atoms with E-state index in [1.165, 1.54) is 22.5 Å². The Labute approximate surface area is 199 Å². The lowest BCUT2D eigenvalue weighted by molar-refractivity contribution is -0.118. The van der Waals surface area contributed by atoms with Crippen LogP contribution in [-0.2, 0) is 17.6 Å². The number of rotatable bonds is 6. The Hall–Kier alpha value is -4.09. The summed E-state index contributed by atoms with van der Waals surface area (Å²) in [7, 11) is 0. The molecule has 0 spiro atoms. The Morgan fingerprint density at radius 1 is 1.18 bits per heavy atom. The van der Waals surface area contributed by atoms with Gasteiger partial charge in [0.05, 0.1) is 10.9 Å². The third-order valence-electron chi connectivity index (χ3n) is 5.62. The monoisotopic (exact) mass is 472 g/mol. The van der Waals surface area contributed by atoms with Gasteiger partial charge in [-0.05, 0) is 56.0 Å². The van der Waals surface area contributed by atoms with Gasteiger partial charge in [0.1, 0.15) is 34.4 Å². The average molecular weight is 473 g/mol. The van der Waals surface area contributed by atoms with Gasteiger partial charge < -0.3 is 19.2 Å². The highest BCUT2D eigenvalue weighted by atomic mass is 32.1. The van der Waals surface area contributed by atoms with E-state index in [0.29, 0.717) is 33.0 Å².